The van der Waals surface area contributed by atoms with Crippen LogP contribution in [-0.4, -0.2) is 31.2 Å². The molecule has 0 spiro atoms. The third kappa shape index (κ3) is 6.44. The van der Waals surface area contributed by atoms with Gasteiger partial charge in [0.05, 0.1) is 11.0 Å². The second-order valence-corrected chi connectivity index (χ2v) is 8.41. The van der Waals surface area contributed by atoms with Gasteiger partial charge in [0.2, 0.25) is 0 Å². The number of rotatable bonds is 7. The van der Waals surface area contributed by atoms with Crippen molar-refractivity contribution in [3.63, 3.8) is 0 Å². The van der Waals surface area contributed by atoms with Crippen LogP contribution < -0.4 is 10.6 Å². The molecule has 0 fully saturated rings. The van der Waals surface area contributed by atoms with Gasteiger partial charge in [-0.1, -0.05) is 29.8 Å². The van der Waals surface area contributed by atoms with Gasteiger partial charge >= 0.3 is 6.18 Å². The highest BCUT2D eigenvalue weighted by atomic mass is 79.9. The second-order valence-electron chi connectivity index (χ2n) is 6.74. The summed E-state index contributed by atoms with van der Waals surface area (Å²) in [4.78, 5) is 0. The minimum absolute atomic E-state index is 0.341. The van der Waals surface area contributed by atoms with Gasteiger partial charge in [-0.3, -0.25) is 9.36 Å². The average Bonchev–Trinajstić information content (AvgIpc) is 3.23. The molecule has 2 N–H and O–H groups in total. The van der Waals surface area contributed by atoms with Gasteiger partial charge in [-0.2, -0.15) is 23.4 Å². The number of hydrogen-bond acceptors (Lipinski definition) is 3. The van der Waals surface area contributed by atoms with Crippen molar-refractivity contribution in [3.05, 3.63) is 63.0 Å². The lowest BCUT2D eigenvalue weighted by molar-refractivity contribution is -0.141. The Balaban J connectivity index is 1.48. The Morgan fingerprint density at radius 1 is 1.26 bits per heavy atom. The predicted molar refractivity (Wildman–Crippen MR) is 121 cm³/mol. The lowest BCUT2D eigenvalue weighted by Crippen LogP contribution is -2.30. The Morgan fingerprint density at radius 3 is 2.68 bits per heavy atom. The molecule has 6 nitrogen and oxygen atoms in total. The molecular formula is C19H19BrClF3N6S. The van der Waals surface area contributed by atoms with Gasteiger partial charge in [0.15, 0.2) is 16.6 Å². The second kappa shape index (κ2) is 10.0. The summed E-state index contributed by atoms with van der Waals surface area (Å²) in [6, 6.07) is 8.56. The van der Waals surface area contributed by atoms with Crippen LogP contribution >= 0.6 is 39.7 Å². The zero-order valence-electron chi connectivity index (χ0n) is 16.4. The van der Waals surface area contributed by atoms with Gasteiger partial charge in [-0.05, 0) is 59.2 Å². The lowest BCUT2D eigenvalue weighted by atomic mass is 10.2. The number of aromatic nitrogens is 4. The summed E-state index contributed by atoms with van der Waals surface area (Å²) in [5.41, 5.74) is 0.516. The average molecular weight is 536 g/mol. The molecule has 0 aliphatic heterocycles. The first-order chi connectivity index (χ1) is 14.6. The third-order valence-electron chi connectivity index (χ3n) is 4.34. The summed E-state index contributed by atoms with van der Waals surface area (Å²) in [6.07, 6.45) is -2.08. The molecule has 0 saturated carbocycles. The maximum Gasteiger partial charge on any atom is 0.435 e. The fourth-order valence-corrected chi connectivity index (χ4v) is 3.63. The molecular weight excluding hydrogens is 517 g/mol. The molecule has 2 heterocycles. The van der Waals surface area contributed by atoms with E-state index in [4.69, 9.17) is 23.8 Å². The van der Waals surface area contributed by atoms with Crippen LogP contribution in [0.5, 0.6) is 0 Å². The highest BCUT2D eigenvalue weighted by Gasteiger charge is 2.34. The van der Waals surface area contributed by atoms with Gasteiger partial charge in [0.1, 0.15) is 0 Å². The highest BCUT2D eigenvalue weighted by Crippen LogP contribution is 2.28. The van der Waals surface area contributed by atoms with Crippen molar-refractivity contribution >= 4 is 50.7 Å². The largest absolute Gasteiger partial charge is 0.435 e. The van der Waals surface area contributed by atoms with Crippen LogP contribution in [0.1, 0.15) is 23.4 Å². The van der Waals surface area contributed by atoms with Gasteiger partial charge in [0.25, 0.3) is 0 Å². The molecule has 3 rings (SSSR count). The van der Waals surface area contributed by atoms with E-state index in [0.717, 1.165) is 16.1 Å². The molecule has 0 aliphatic carbocycles. The van der Waals surface area contributed by atoms with Gasteiger partial charge in [-0.15, -0.1) is 0 Å². The molecule has 0 saturated heterocycles. The fraction of sp³-hybridized carbons (Fsp3) is 0.316. The van der Waals surface area contributed by atoms with Crippen molar-refractivity contribution in [2.45, 2.75) is 32.6 Å². The highest BCUT2D eigenvalue weighted by molar-refractivity contribution is 9.10. The summed E-state index contributed by atoms with van der Waals surface area (Å²) in [7, 11) is 0. The lowest BCUT2D eigenvalue weighted by Gasteiger charge is -2.10. The molecule has 3 aromatic rings. The first-order valence-corrected chi connectivity index (χ1v) is 10.8. The Morgan fingerprint density at radius 2 is 2.00 bits per heavy atom. The maximum absolute atomic E-state index is 12.7. The van der Waals surface area contributed by atoms with Crippen molar-refractivity contribution in [2.75, 3.05) is 11.9 Å². The molecule has 0 unspecified atom stereocenters. The van der Waals surface area contributed by atoms with E-state index in [1.54, 1.807) is 11.6 Å². The molecule has 0 amide bonds. The summed E-state index contributed by atoms with van der Waals surface area (Å²) in [6.45, 7) is 2.90. The summed E-state index contributed by atoms with van der Waals surface area (Å²) < 4.78 is 42.0. The van der Waals surface area contributed by atoms with Crippen LogP contribution in [0.2, 0.25) is 5.02 Å². The van der Waals surface area contributed by atoms with Crippen LogP contribution in [0.15, 0.2) is 41.0 Å². The molecule has 2 aromatic heterocycles. The first kappa shape index (κ1) is 23.6. The van der Waals surface area contributed by atoms with E-state index >= 15 is 0 Å². The molecule has 166 valence electrons. The zero-order valence-corrected chi connectivity index (χ0v) is 19.5. The Bertz CT molecular complexity index is 1070. The van der Waals surface area contributed by atoms with E-state index < -0.39 is 11.9 Å². The van der Waals surface area contributed by atoms with Crippen molar-refractivity contribution in [2.24, 2.45) is 0 Å². The maximum atomic E-state index is 12.7. The van der Waals surface area contributed by atoms with E-state index in [-0.39, 0.29) is 0 Å². The van der Waals surface area contributed by atoms with E-state index in [1.165, 1.54) is 4.68 Å². The fourth-order valence-electron chi connectivity index (χ4n) is 2.82. The quantitative estimate of drug-likeness (QED) is 0.320. The number of hydrogen-bond donors (Lipinski definition) is 2. The first-order valence-electron chi connectivity index (χ1n) is 9.26. The number of nitrogens with one attached hydrogen (secondary N) is 2. The summed E-state index contributed by atoms with van der Waals surface area (Å²) >= 11 is 14.9. The third-order valence-corrected chi connectivity index (χ3v) is 5.54. The molecule has 31 heavy (non-hydrogen) atoms. The van der Waals surface area contributed by atoms with Crippen LogP contribution in [0, 0.1) is 6.92 Å². The smallest absolute Gasteiger partial charge is 0.362 e. The van der Waals surface area contributed by atoms with Crippen LogP contribution in [0.4, 0.5) is 19.0 Å². The normalized spacial score (nSPS) is 11.5. The molecule has 12 heteroatoms. The number of aryl methyl sites for hydroxylation is 2. The molecule has 0 radical (unpaired) electrons. The number of alkyl halides is 3. The number of thiocarbonyl (C=S) groups is 1. The minimum Gasteiger partial charge on any atom is -0.362 e. The van der Waals surface area contributed by atoms with E-state index in [0.29, 0.717) is 47.7 Å². The van der Waals surface area contributed by atoms with Gasteiger partial charge in [0, 0.05) is 30.0 Å². The molecule has 0 atom stereocenters. The SMILES string of the molecule is Cc1cc(C(F)(F)F)nn1CCCNC(=S)Nc1nn(Cc2ccccc2Cl)cc1Br. The number of nitrogens with zero attached hydrogens (tertiary/aromatic N) is 4. The van der Waals surface area contributed by atoms with Crippen LogP contribution in [-0.2, 0) is 19.3 Å². The standard InChI is InChI=1S/C19H19BrClF3N6S/c1-12-9-16(19(22,23)24)27-30(12)8-4-7-25-18(31)26-17-14(20)11-29(28-17)10-13-5-2-3-6-15(13)21/h2-3,5-6,9,11H,4,7-8,10H2,1H3,(H2,25,26,28,31). The summed E-state index contributed by atoms with van der Waals surface area (Å²) in [5.74, 6) is 0.544. The molecule has 0 bridgehead atoms. The number of halogens is 5. The predicted octanol–water partition coefficient (Wildman–Crippen LogP) is 5.25. The zero-order chi connectivity index (χ0) is 22.6. The van der Waals surface area contributed by atoms with E-state index in [1.807, 2.05) is 30.5 Å². The monoisotopic (exact) mass is 534 g/mol. The van der Waals surface area contributed by atoms with Gasteiger partial charge in [-0.25, -0.2) is 0 Å². The Hall–Kier alpha value is -2.11. The summed E-state index contributed by atoms with van der Waals surface area (Å²) in [5, 5.41) is 15.1. The van der Waals surface area contributed by atoms with Gasteiger partial charge < -0.3 is 10.6 Å². The van der Waals surface area contributed by atoms with Crippen molar-refractivity contribution in [1.82, 2.24) is 24.9 Å². The molecule has 1 aromatic carbocycles. The van der Waals surface area contributed by atoms with Crippen molar-refractivity contribution in [3.8, 4) is 0 Å². The topological polar surface area (TPSA) is 59.7 Å². The number of benzene rings is 1. The Kier molecular flexibility index (Phi) is 7.60. The number of anilines is 1. The van der Waals surface area contributed by atoms with Crippen molar-refractivity contribution in [1.29, 1.82) is 0 Å². The van der Waals surface area contributed by atoms with E-state index in [2.05, 4.69) is 36.8 Å². The minimum atomic E-state index is -4.44. The van der Waals surface area contributed by atoms with Crippen LogP contribution in [0.25, 0.3) is 0 Å². The van der Waals surface area contributed by atoms with E-state index in [9.17, 15) is 13.2 Å². The molecule has 0 aliphatic rings. The van der Waals surface area contributed by atoms with Crippen LogP contribution in [0.3, 0.4) is 0 Å². The van der Waals surface area contributed by atoms with Crippen molar-refractivity contribution < 1.29 is 13.2 Å². The Labute approximate surface area is 195 Å².